The standard InChI is InChI=1S/C18H19F3N2O5/c1-17(2,3)28-16(27)22-12(14(24)25)8-10-9-23(15(26)18(19,20)21)13-7-5-4-6-11(10)13/h4-7,9,12H,8H2,1-3H3,(H,22,27)(H,24,25)/t12-/m0/s1. The van der Waals surface area contributed by atoms with Gasteiger partial charge in [0.25, 0.3) is 0 Å². The number of aliphatic carboxylic acids is 1. The van der Waals surface area contributed by atoms with E-state index in [1.807, 2.05) is 0 Å². The summed E-state index contributed by atoms with van der Waals surface area (Å²) in [7, 11) is 0. The van der Waals surface area contributed by atoms with Gasteiger partial charge in [-0.3, -0.25) is 9.36 Å². The maximum Gasteiger partial charge on any atom is 0.472 e. The van der Waals surface area contributed by atoms with Gasteiger partial charge in [-0.2, -0.15) is 13.2 Å². The van der Waals surface area contributed by atoms with Crippen molar-refractivity contribution in [2.75, 3.05) is 0 Å². The molecule has 2 rings (SSSR count). The molecule has 2 N–H and O–H groups in total. The van der Waals surface area contributed by atoms with Gasteiger partial charge < -0.3 is 15.2 Å². The number of ether oxygens (including phenoxy) is 1. The van der Waals surface area contributed by atoms with Crippen molar-refractivity contribution in [3.05, 3.63) is 36.0 Å². The molecule has 7 nitrogen and oxygen atoms in total. The van der Waals surface area contributed by atoms with Gasteiger partial charge in [0.05, 0.1) is 5.52 Å². The van der Waals surface area contributed by atoms with Crippen molar-refractivity contribution in [3.63, 3.8) is 0 Å². The molecule has 2 aromatic rings. The molecular weight excluding hydrogens is 381 g/mol. The number of halogens is 3. The summed E-state index contributed by atoms with van der Waals surface area (Å²) in [4.78, 5) is 35.1. The number of hydrogen-bond donors (Lipinski definition) is 2. The summed E-state index contributed by atoms with van der Waals surface area (Å²) in [6.07, 6.45) is -5.48. The van der Waals surface area contributed by atoms with Gasteiger partial charge in [-0.25, -0.2) is 9.59 Å². The second-order valence-electron chi connectivity index (χ2n) is 7.09. The number of aromatic nitrogens is 1. The molecule has 1 atom stereocenters. The Hall–Kier alpha value is -3.04. The molecule has 0 aliphatic rings. The maximum absolute atomic E-state index is 12.9. The molecule has 1 amide bonds. The Morgan fingerprint density at radius 2 is 1.79 bits per heavy atom. The van der Waals surface area contributed by atoms with Crippen molar-refractivity contribution >= 4 is 28.9 Å². The van der Waals surface area contributed by atoms with Crippen molar-refractivity contribution in [1.29, 1.82) is 0 Å². The number of hydrogen-bond acceptors (Lipinski definition) is 4. The van der Waals surface area contributed by atoms with Crippen LogP contribution in [0.15, 0.2) is 30.5 Å². The molecule has 0 fully saturated rings. The fourth-order valence-corrected chi connectivity index (χ4v) is 2.59. The monoisotopic (exact) mass is 400 g/mol. The second kappa shape index (κ2) is 7.53. The van der Waals surface area contributed by atoms with Crippen LogP contribution >= 0.6 is 0 Å². The number of carbonyl (C=O) groups is 3. The molecule has 10 heteroatoms. The highest BCUT2D eigenvalue weighted by Crippen LogP contribution is 2.27. The number of carbonyl (C=O) groups excluding carboxylic acids is 2. The number of benzene rings is 1. The average Bonchev–Trinajstić information content (AvgIpc) is 2.89. The Labute approximate surface area is 158 Å². The highest BCUT2D eigenvalue weighted by Gasteiger charge is 2.41. The zero-order valence-corrected chi connectivity index (χ0v) is 15.3. The first-order valence-electron chi connectivity index (χ1n) is 8.22. The summed E-state index contributed by atoms with van der Waals surface area (Å²) < 4.78 is 44.0. The van der Waals surface area contributed by atoms with Gasteiger partial charge >= 0.3 is 24.1 Å². The minimum atomic E-state index is -5.10. The van der Waals surface area contributed by atoms with Crippen LogP contribution in [0.2, 0.25) is 0 Å². The van der Waals surface area contributed by atoms with Crippen LogP contribution in [0.4, 0.5) is 18.0 Å². The van der Waals surface area contributed by atoms with Crippen molar-refractivity contribution in [3.8, 4) is 0 Å². The van der Waals surface area contributed by atoms with Gasteiger partial charge in [-0.05, 0) is 32.4 Å². The quantitative estimate of drug-likeness (QED) is 0.820. The molecule has 0 aliphatic heterocycles. The smallest absolute Gasteiger partial charge is 0.472 e. The van der Waals surface area contributed by atoms with E-state index in [4.69, 9.17) is 4.74 Å². The van der Waals surface area contributed by atoms with Crippen LogP contribution in [0.5, 0.6) is 0 Å². The molecule has 0 radical (unpaired) electrons. The molecule has 28 heavy (non-hydrogen) atoms. The van der Waals surface area contributed by atoms with Crippen molar-refractivity contribution in [2.24, 2.45) is 0 Å². The predicted molar refractivity (Wildman–Crippen MR) is 93.1 cm³/mol. The number of rotatable bonds is 4. The number of nitrogens with zero attached hydrogens (tertiary/aromatic N) is 1. The Morgan fingerprint density at radius 1 is 1.18 bits per heavy atom. The van der Waals surface area contributed by atoms with Gasteiger partial charge in [0, 0.05) is 18.0 Å². The minimum absolute atomic E-state index is 0.0127. The Kier molecular flexibility index (Phi) is 5.72. The Morgan fingerprint density at radius 3 is 2.32 bits per heavy atom. The summed E-state index contributed by atoms with van der Waals surface area (Å²) in [5.74, 6) is -3.49. The number of carboxylic acids is 1. The van der Waals surface area contributed by atoms with Crippen molar-refractivity contribution < 1.29 is 37.4 Å². The Bertz CT molecular complexity index is 912. The third-order valence-electron chi connectivity index (χ3n) is 3.67. The molecule has 0 aliphatic carbocycles. The number of fused-ring (bicyclic) bond motifs is 1. The van der Waals surface area contributed by atoms with E-state index in [0.717, 1.165) is 6.20 Å². The maximum atomic E-state index is 12.9. The van der Waals surface area contributed by atoms with Gasteiger partial charge in [0.1, 0.15) is 11.6 Å². The highest BCUT2D eigenvalue weighted by molar-refractivity contribution is 5.97. The van der Waals surface area contributed by atoms with E-state index in [0.29, 0.717) is 4.57 Å². The molecule has 152 valence electrons. The lowest BCUT2D eigenvalue weighted by atomic mass is 10.1. The van der Waals surface area contributed by atoms with Crippen LogP contribution < -0.4 is 5.32 Å². The van der Waals surface area contributed by atoms with Crippen LogP contribution in [-0.2, 0) is 16.0 Å². The summed E-state index contributed by atoms with van der Waals surface area (Å²) >= 11 is 0. The first kappa shape index (κ1) is 21.3. The lowest BCUT2D eigenvalue weighted by Crippen LogP contribution is -2.44. The van der Waals surface area contributed by atoms with E-state index in [1.54, 1.807) is 26.8 Å². The van der Waals surface area contributed by atoms with Crippen molar-refractivity contribution in [1.82, 2.24) is 9.88 Å². The molecule has 1 heterocycles. The number of amides is 1. The number of nitrogens with one attached hydrogen (secondary N) is 1. The first-order valence-corrected chi connectivity index (χ1v) is 8.22. The first-order chi connectivity index (χ1) is 12.8. The molecule has 1 aromatic heterocycles. The number of alkyl halides is 3. The van der Waals surface area contributed by atoms with E-state index < -0.39 is 35.8 Å². The van der Waals surface area contributed by atoms with E-state index in [1.165, 1.54) is 18.2 Å². The van der Waals surface area contributed by atoms with Crippen LogP contribution in [0.1, 0.15) is 31.1 Å². The van der Waals surface area contributed by atoms with Gasteiger partial charge in [-0.15, -0.1) is 0 Å². The summed E-state index contributed by atoms with van der Waals surface area (Å²) in [6, 6.07) is 4.33. The SMILES string of the molecule is CC(C)(C)OC(=O)N[C@@H](Cc1cn(C(=O)C(F)(F)F)c2ccccc12)C(=O)O. The number of alkyl carbamates (subject to hydrolysis) is 1. The average molecular weight is 400 g/mol. The minimum Gasteiger partial charge on any atom is -0.480 e. The number of para-hydroxylation sites is 1. The van der Waals surface area contributed by atoms with Crippen LogP contribution in [0.3, 0.4) is 0 Å². The zero-order valence-electron chi connectivity index (χ0n) is 15.3. The summed E-state index contributed by atoms with van der Waals surface area (Å²) in [5, 5.41) is 11.8. The molecule has 0 spiro atoms. The third kappa shape index (κ3) is 5.02. The molecule has 1 aromatic carbocycles. The molecule has 0 saturated carbocycles. The van der Waals surface area contributed by atoms with E-state index in [-0.39, 0.29) is 22.9 Å². The fourth-order valence-electron chi connectivity index (χ4n) is 2.59. The van der Waals surface area contributed by atoms with Gasteiger partial charge in [-0.1, -0.05) is 18.2 Å². The molecule has 0 unspecified atom stereocenters. The zero-order chi connectivity index (χ0) is 21.3. The highest BCUT2D eigenvalue weighted by atomic mass is 19.4. The summed E-state index contributed by atoms with van der Waals surface area (Å²) in [6.45, 7) is 4.79. The largest absolute Gasteiger partial charge is 0.480 e. The van der Waals surface area contributed by atoms with Crippen LogP contribution in [0, 0.1) is 0 Å². The van der Waals surface area contributed by atoms with Crippen molar-refractivity contribution in [2.45, 2.75) is 45.0 Å². The third-order valence-corrected chi connectivity index (χ3v) is 3.67. The van der Waals surface area contributed by atoms with Gasteiger partial charge in [0.2, 0.25) is 0 Å². The Balaban J connectivity index is 2.37. The van der Waals surface area contributed by atoms with Gasteiger partial charge in [0.15, 0.2) is 0 Å². The number of carboxylic acid groups (broad SMARTS) is 1. The van der Waals surface area contributed by atoms with Crippen LogP contribution in [-0.4, -0.2) is 45.5 Å². The predicted octanol–water partition coefficient (Wildman–Crippen LogP) is 3.36. The lowest BCUT2D eigenvalue weighted by Gasteiger charge is -2.22. The normalized spacial score (nSPS) is 13.2. The molecule has 0 bridgehead atoms. The van der Waals surface area contributed by atoms with Crippen LogP contribution in [0.25, 0.3) is 10.9 Å². The second-order valence-corrected chi connectivity index (χ2v) is 7.09. The van der Waals surface area contributed by atoms with E-state index in [2.05, 4.69) is 5.32 Å². The molecule has 0 saturated heterocycles. The van der Waals surface area contributed by atoms with E-state index in [9.17, 15) is 32.7 Å². The van der Waals surface area contributed by atoms with E-state index >= 15 is 0 Å². The topological polar surface area (TPSA) is 97.6 Å². The molecular formula is C18H19F3N2O5. The fraction of sp³-hybridized carbons (Fsp3) is 0.389. The summed E-state index contributed by atoms with van der Waals surface area (Å²) in [5.41, 5.74) is -0.708. The lowest BCUT2D eigenvalue weighted by molar-refractivity contribution is -0.139.